The SMILES string of the molecule is CCCCCCCC[N+](CCCCCCCC)(CCCCCCCC)C[N+](CCCCCCCC)(CCCCCCCC)CCCCCCCC. The van der Waals surface area contributed by atoms with E-state index in [-0.39, 0.29) is 0 Å². The maximum atomic E-state index is 2.37. The van der Waals surface area contributed by atoms with Gasteiger partial charge in [-0.3, -0.25) is 8.97 Å². The molecule has 0 unspecified atom stereocenters. The van der Waals surface area contributed by atoms with Gasteiger partial charge in [-0.15, -0.1) is 0 Å². The first-order chi connectivity index (χ1) is 25.1. The van der Waals surface area contributed by atoms with Gasteiger partial charge >= 0.3 is 0 Å². The van der Waals surface area contributed by atoms with Gasteiger partial charge in [0, 0.05) is 0 Å². The number of hydrogen-bond acceptors (Lipinski definition) is 0. The summed E-state index contributed by atoms with van der Waals surface area (Å²) >= 11 is 0. The average Bonchev–Trinajstić information content (AvgIpc) is 3.13. The van der Waals surface area contributed by atoms with Gasteiger partial charge in [-0.2, -0.15) is 0 Å². The summed E-state index contributed by atoms with van der Waals surface area (Å²) in [6.45, 7) is 24.5. The van der Waals surface area contributed by atoms with Gasteiger partial charge in [0.1, 0.15) is 0 Å². The lowest BCUT2D eigenvalue weighted by Crippen LogP contribution is -2.64. The molecule has 2 heteroatoms. The third-order valence-electron chi connectivity index (χ3n) is 12.5. The molecular weight excluding hydrogens is 617 g/mol. The summed E-state index contributed by atoms with van der Waals surface area (Å²) in [5, 5.41) is 0. The highest BCUT2D eigenvalue weighted by molar-refractivity contribution is 4.57. The molecule has 0 rings (SSSR count). The highest BCUT2D eigenvalue weighted by atomic mass is 15.5. The second-order valence-electron chi connectivity index (χ2n) is 17.8. The molecule has 308 valence electrons. The van der Waals surface area contributed by atoms with Crippen LogP contribution in [0, 0.1) is 0 Å². The molecule has 0 heterocycles. The fourth-order valence-corrected chi connectivity index (χ4v) is 9.10. The average molecular weight is 721 g/mol. The van der Waals surface area contributed by atoms with Crippen LogP contribution in [0.5, 0.6) is 0 Å². The summed E-state index contributed by atoms with van der Waals surface area (Å²) in [5.41, 5.74) is 0. The Morgan fingerprint density at radius 3 is 0.471 bits per heavy atom. The Bertz CT molecular complexity index is 509. The molecule has 0 atom stereocenters. The van der Waals surface area contributed by atoms with E-state index >= 15 is 0 Å². The maximum absolute atomic E-state index is 2.37. The Hall–Kier alpha value is -0.0800. The van der Waals surface area contributed by atoms with Crippen LogP contribution in [0.4, 0.5) is 0 Å². The highest BCUT2D eigenvalue weighted by Gasteiger charge is 2.39. The molecule has 51 heavy (non-hydrogen) atoms. The Kier molecular flexibility index (Phi) is 39.5. The van der Waals surface area contributed by atoms with Gasteiger partial charge in [0.05, 0.1) is 39.3 Å². The summed E-state index contributed by atoms with van der Waals surface area (Å²) in [6, 6.07) is 0. The fourth-order valence-electron chi connectivity index (χ4n) is 9.10. The Morgan fingerprint density at radius 2 is 0.314 bits per heavy atom. The van der Waals surface area contributed by atoms with Gasteiger partial charge in [-0.05, 0) is 77.0 Å². The number of unbranched alkanes of at least 4 members (excludes halogenated alkanes) is 30. The summed E-state index contributed by atoms with van der Waals surface area (Å²) < 4.78 is 2.94. The Balaban J connectivity index is 6.35. The number of quaternary nitrogens is 2. The van der Waals surface area contributed by atoms with Crippen molar-refractivity contribution in [3.05, 3.63) is 0 Å². The molecule has 0 aliphatic rings. The van der Waals surface area contributed by atoms with Gasteiger partial charge in [0.2, 0.25) is 6.67 Å². The van der Waals surface area contributed by atoms with Gasteiger partial charge < -0.3 is 0 Å². The largest absolute Gasteiger partial charge is 0.277 e. The van der Waals surface area contributed by atoms with E-state index in [9.17, 15) is 0 Å². The topological polar surface area (TPSA) is 0 Å². The van der Waals surface area contributed by atoms with E-state index in [1.54, 1.807) is 0 Å². The van der Waals surface area contributed by atoms with Gasteiger partial charge in [0.15, 0.2) is 0 Å². The van der Waals surface area contributed by atoms with Crippen molar-refractivity contribution in [3.63, 3.8) is 0 Å². The van der Waals surface area contributed by atoms with Crippen LogP contribution in [0.2, 0.25) is 0 Å². The first kappa shape index (κ1) is 50.9. The molecule has 0 radical (unpaired) electrons. The predicted molar refractivity (Wildman–Crippen MR) is 235 cm³/mol. The quantitative estimate of drug-likeness (QED) is 0.0334. The minimum absolute atomic E-state index is 1.37. The molecular formula is C49H104N2+2. The zero-order chi connectivity index (χ0) is 37.4. The van der Waals surface area contributed by atoms with Crippen LogP contribution in [0.3, 0.4) is 0 Å². The lowest BCUT2D eigenvalue weighted by atomic mass is 10.0. The van der Waals surface area contributed by atoms with E-state index in [4.69, 9.17) is 0 Å². The van der Waals surface area contributed by atoms with E-state index in [1.165, 1.54) is 286 Å². The van der Waals surface area contributed by atoms with E-state index in [2.05, 4.69) is 41.5 Å². The summed E-state index contributed by atoms with van der Waals surface area (Å²) in [6.07, 6.45) is 52.0. The van der Waals surface area contributed by atoms with Crippen molar-refractivity contribution in [1.82, 2.24) is 0 Å². The van der Waals surface area contributed by atoms with Crippen molar-refractivity contribution in [3.8, 4) is 0 Å². The minimum Gasteiger partial charge on any atom is -0.277 e. The fraction of sp³-hybridized carbons (Fsp3) is 1.00. The van der Waals surface area contributed by atoms with E-state index in [0.717, 1.165) is 0 Å². The molecule has 0 fully saturated rings. The summed E-state index contributed by atoms with van der Waals surface area (Å²) in [4.78, 5) is 0. The second kappa shape index (κ2) is 39.6. The molecule has 0 saturated heterocycles. The standard InChI is InChI=1S/C49H104N2/c1-7-13-19-25-31-37-43-50(44-38-32-26-20-14-8-2,45-39-33-27-21-15-9-3)49-51(46-40-34-28-22-16-10-4,47-41-35-29-23-17-11-5)48-42-36-30-24-18-12-6/h7-49H2,1-6H3/q+2. The molecule has 0 aliphatic heterocycles. The van der Waals surface area contributed by atoms with Crippen molar-refractivity contribution in [2.75, 3.05) is 45.9 Å². The van der Waals surface area contributed by atoms with Crippen molar-refractivity contribution < 1.29 is 8.97 Å². The first-order valence-corrected chi connectivity index (χ1v) is 24.8. The van der Waals surface area contributed by atoms with Crippen LogP contribution >= 0.6 is 0 Å². The van der Waals surface area contributed by atoms with Gasteiger partial charge in [-0.1, -0.05) is 196 Å². The van der Waals surface area contributed by atoms with Crippen LogP contribution in [0.25, 0.3) is 0 Å². The van der Waals surface area contributed by atoms with Crippen LogP contribution in [-0.4, -0.2) is 54.9 Å². The lowest BCUT2D eigenvalue weighted by molar-refractivity contribution is -1.10. The molecule has 0 spiro atoms. The Morgan fingerprint density at radius 1 is 0.176 bits per heavy atom. The van der Waals surface area contributed by atoms with E-state index in [0.29, 0.717) is 0 Å². The number of nitrogens with zero attached hydrogens (tertiary/aromatic N) is 2. The molecule has 0 aliphatic carbocycles. The molecule has 2 nitrogen and oxygen atoms in total. The third-order valence-corrected chi connectivity index (χ3v) is 12.5. The van der Waals surface area contributed by atoms with Gasteiger partial charge in [0.25, 0.3) is 0 Å². The van der Waals surface area contributed by atoms with Crippen molar-refractivity contribution in [2.45, 2.75) is 273 Å². The maximum Gasteiger partial charge on any atom is 0.207 e. The highest BCUT2D eigenvalue weighted by Crippen LogP contribution is 2.27. The molecule has 0 aromatic heterocycles. The molecule has 0 amide bonds. The molecule has 0 aromatic carbocycles. The summed E-state index contributed by atoms with van der Waals surface area (Å²) in [7, 11) is 0. The second-order valence-corrected chi connectivity index (χ2v) is 17.8. The van der Waals surface area contributed by atoms with Crippen LogP contribution in [0.15, 0.2) is 0 Å². The third kappa shape index (κ3) is 31.9. The lowest BCUT2D eigenvalue weighted by Gasteiger charge is -2.48. The van der Waals surface area contributed by atoms with Crippen LogP contribution in [0.1, 0.15) is 273 Å². The van der Waals surface area contributed by atoms with E-state index < -0.39 is 0 Å². The number of rotatable bonds is 44. The number of hydrogen-bond donors (Lipinski definition) is 0. The normalized spacial score (nSPS) is 12.4. The zero-order valence-electron chi connectivity index (χ0n) is 37.3. The monoisotopic (exact) mass is 721 g/mol. The van der Waals surface area contributed by atoms with E-state index in [1.807, 2.05) is 0 Å². The summed E-state index contributed by atoms with van der Waals surface area (Å²) in [5.74, 6) is 0. The molecule has 0 N–H and O–H groups in total. The molecule has 0 saturated carbocycles. The van der Waals surface area contributed by atoms with Gasteiger partial charge in [-0.25, -0.2) is 0 Å². The zero-order valence-corrected chi connectivity index (χ0v) is 37.3. The van der Waals surface area contributed by atoms with Crippen molar-refractivity contribution in [1.29, 1.82) is 0 Å². The Labute approximate surface area is 326 Å². The molecule has 0 bridgehead atoms. The van der Waals surface area contributed by atoms with Crippen LogP contribution < -0.4 is 0 Å². The minimum atomic E-state index is 1.37. The molecule has 0 aromatic rings. The van der Waals surface area contributed by atoms with Crippen molar-refractivity contribution in [2.24, 2.45) is 0 Å². The van der Waals surface area contributed by atoms with Crippen LogP contribution in [-0.2, 0) is 0 Å². The first-order valence-electron chi connectivity index (χ1n) is 24.8. The predicted octanol–water partition coefficient (Wildman–Crippen LogP) is 16.7. The van der Waals surface area contributed by atoms with Crippen molar-refractivity contribution >= 4 is 0 Å². The smallest absolute Gasteiger partial charge is 0.207 e.